The van der Waals surface area contributed by atoms with Crippen LogP contribution in [0, 0.1) is 11.3 Å². The number of sulfonamides is 1. The van der Waals surface area contributed by atoms with E-state index in [0.29, 0.717) is 10.8 Å². The Labute approximate surface area is 127 Å². The summed E-state index contributed by atoms with van der Waals surface area (Å²) in [6.07, 6.45) is 0.856. The third-order valence-electron chi connectivity index (χ3n) is 3.58. The van der Waals surface area contributed by atoms with Gasteiger partial charge in [-0.1, -0.05) is 27.7 Å². The van der Waals surface area contributed by atoms with Crippen molar-refractivity contribution in [3.8, 4) is 0 Å². The van der Waals surface area contributed by atoms with Crippen molar-refractivity contribution in [3.63, 3.8) is 0 Å². The molecule has 0 spiro atoms. The van der Waals surface area contributed by atoms with Gasteiger partial charge in [0.1, 0.15) is 4.21 Å². The molecule has 1 heterocycles. The Balaban J connectivity index is 2.67. The van der Waals surface area contributed by atoms with Crippen LogP contribution in [0.2, 0.25) is 0 Å². The third-order valence-corrected chi connectivity index (χ3v) is 6.64. The fourth-order valence-electron chi connectivity index (χ4n) is 1.50. The van der Waals surface area contributed by atoms with Crippen molar-refractivity contribution in [3.05, 3.63) is 17.0 Å². The van der Waals surface area contributed by atoms with E-state index in [0.717, 1.165) is 17.8 Å². The molecule has 116 valence electrons. The predicted molar refractivity (Wildman–Crippen MR) is 85.8 cm³/mol. The van der Waals surface area contributed by atoms with Gasteiger partial charge in [-0.15, -0.1) is 11.3 Å². The fraction of sp³-hybridized carbons (Fsp3) is 0.714. The summed E-state index contributed by atoms with van der Waals surface area (Å²) in [5.41, 5.74) is 0.0932. The van der Waals surface area contributed by atoms with Crippen LogP contribution in [0.4, 0.5) is 0 Å². The third kappa shape index (κ3) is 5.16. The molecule has 0 aliphatic rings. The predicted octanol–water partition coefficient (Wildman–Crippen LogP) is 2.47. The van der Waals surface area contributed by atoms with Gasteiger partial charge in [-0.05, 0) is 43.5 Å². The molecule has 1 aromatic rings. The van der Waals surface area contributed by atoms with Crippen LogP contribution in [0.1, 0.15) is 32.6 Å². The summed E-state index contributed by atoms with van der Waals surface area (Å²) < 4.78 is 27.6. The highest BCUT2D eigenvalue weighted by atomic mass is 32.2. The molecule has 0 bridgehead atoms. The maximum absolute atomic E-state index is 12.2. The quantitative estimate of drug-likeness (QED) is 0.812. The van der Waals surface area contributed by atoms with Gasteiger partial charge in [0.25, 0.3) is 0 Å². The zero-order valence-corrected chi connectivity index (χ0v) is 14.6. The minimum atomic E-state index is -3.37. The molecule has 4 nitrogen and oxygen atoms in total. The number of rotatable bonds is 7. The molecular weight excluding hydrogens is 292 g/mol. The monoisotopic (exact) mass is 318 g/mol. The first-order valence-corrected chi connectivity index (χ1v) is 9.20. The van der Waals surface area contributed by atoms with Crippen LogP contribution in [0.5, 0.6) is 0 Å². The van der Waals surface area contributed by atoms with Crippen molar-refractivity contribution in [2.24, 2.45) is 11.3 Å². The lowest BCUT2D eigenvalue weighted by Gasteiger charge is -2.27. The highest BCUT2D eigenvalue weighted by molar-refractivity contribution is 7.91. The molecule has 0 radical (unpaired) electrons. The van der Waals surface area contributed by atoms with Crippen molar-refractivity contribution in [2.45, 2.75) is 38.3 Å². The smallest absolute Gasteiger partial charge is 0.250 e. The molecule has 0 amide bonds. The normalized spacial score (nSPS) is 14.4. The van der Waals surface area contributed by atoms with E-state index in [-0.39, 0.29) is 11.3 Å². The second kappa shape index (κ2) is 7.02. The van der Waals surface area contributed by atoms with Crippen molar-refractivity contribution >= 4 is 21.4 Å². The molecule has 1 rings (SSSR count). The Bertz CT molecular complexity index is 516. The summed E-state index contributed by atoms with van der Waals surface area (Å²) in [7, 11) is -1.48. The van der Waals surface area contributed by atoms with E-state index in [2.05, 4.69) is 37.7 Å². The largest absolute Gasteiger partial charge is 0.319 e. The highest BCUT2D eigenvalue weighted by Crippen LogP contribution is 2.26. The molecule has 0 saturated heterocycles. The first-order chi connectivity index (χ1) is 9.16. The van der Waals surface area contributed by atoms with E-state index in [1.165, 1.54) is 11.3 Å². The highest BCUT2D eigenvalue weighted by Gasteiger charge is 2.23. The maximum atomic E-state index is 12.2. The Morgan fingerprint density at radius 2 is 1.95 bits per heavy atom. The lowest BCUT2D eigenvalue weighted by atomic mass is 9.82. The van der Waals surface area contributed by atoms with Crippen molar-refractivity contribution < 1.29 is 8.42 Å². The molecule has 0 aliphatic carbocycles. The van der Waals surface area contributed by atoms with Crippen LogP contribution in [0.3, 0.4) is 0 Å². The summed E-state index contributed by atoms with van der Waals surface area (Å²) in [6, 6.07) is 3.59. The molecule has 2 N–H and O–H groups in total. The maximum Gasteiger partial charge on any atom is 0.250 e. The number of likely N-dealkylation sites (N-methyl/N-ethyl adjacent to an activating group) is 1. The van der Waals surface area contributed by atoms with Gasteiger partial charge in [0.15, 0.2) is 0 Å². The summed E-state index contributed by atoms with van der Waals surface area (Å²) >= 11 is 1.35. The lowest BCUT2D eigenvalue weighted by molar-refractivity contribution is 0.263. The van der Waals surface area contributed by atoms with Gasteiger partial charge in [-0.3, -0.25) is 0 Å². The summed E-state index contributed by atoms with van der Waals surface area (Å²) in [5.74, 6) is 0.279. The minimum absolute atomic E-state index is 0.0932. The number of hydrogen-bond acceptors (Lipinski definition) is 4. The molecular formula is C14H26N2O2S2. The molecule has 1 unspecified atom stereocenters. The van der Waals surface area contributed by atoms with E-state index >= 15 is 0 Å². The van der Waals surface area contributed by atoms with Crippen molar-refractivity contribution in [1.29, 1.82) is 0 Å². The number of hydrogen-bond donors (Lipinski definition) is 2. The molecule has 6 heteroatoms. The molecule has 0 aliphatic heterocycles. The van der Waals surface area contributed by atoms with E-state index in [1.807, 2.05) is 13.1 Å². The van der Waals surface area contributed by atoms with E-state index in [1.54, 1.807) is 6.07 Å². The zero-order valence-electron chi connectivity index (χ0n) is 13.0. The first-order valence-electron chi connectivity index (χ1n) is 6.90. The molecule has 0 aromatic carbocycles. The second-order valence-corrected chi connectivity index (χ2v) is 9.36. The molecule has 1 atom stereocenters. The molecule has 1 aromatic heterocycles. The first kappa shape index (κ1) is 17.6. The van der Waals surface area contributed by atoms with Crippen LogP contribution < -0.4 is 10.0 Å². The van der Waals surface area contributed by atoms with Gasteiger partial charge in [0.05, 0.1) is 0 Å². The lowest BCUT2D eigenvalue weighted by Crippen LogP contribution is -2.33. The van der Waals surface area contributed by atoms with Gasteiger partial charge >= 0.3 is 0 Å². The van der Waals surface area contributed by atoms with E-state index in [9.17, 15) is 8.42 Å². The summed E-state index contributed by atoms with van der Waals surface area (Å²) in [5, 5.41) is 3.06. The van der Waals surface area contributed by atoms with Crippen molar-refractivity contribution in [2.75, 3.05) is 20.1 Å². The molecule has 0 saturated carbocycles. The van der Waals surface area contributed by atoms with Crippen LogP contribution in [-0.4, -0.2) is 28.6 Å². The molecule has 0 fully saturated rings. The second-order valence-electron chi connectivity index (χ2n) is 6.19. The van der Waals surface area contributed by atoms with Gasteiger partial charge in [-0.2, -0.15) is 0 Å². The van der Waals surface area contributed by atoms with Crippen LogP contribution in [0.15, 0.2) is 16.3 Å². The summed E-state index contributed by atoms with van der Waals surface area (Å²) in [6.45, 7) is 9.74. The topological polar surface area (TPSA) is 58.2 Å². The SMILES string of the molecule is CNCCc1ccc(S(=O)(=O)NCC(C)C(C)(C)C)s1. The van der Waals surface area contributed by atoms with Gasteiger partial charge in [0, 0.05) is 11.4 Å². The van der Waals surface area contributed by atoms with Crippen LogP contribution in [-0.2, 0) is 16.4 Å². The fourth-order valence-corrected chi connectivity index (χ4v) is 4.03. The van der Waals surface area contributed by atoms with Gasteiger partial charge < -0.3 is 5.32 Å². The van der Waals surface area contributed by atoms with Gasteiger partial charge in [0.2, 0.25) is 10.0 Å². The van der Waals surface area contributed by atoms with Gasteiger partial charge in [-0.25, -0.2) is 13.1 Å². The minimum Gasteiger partial charge on any atom is -0.319 e. The Hall–Kier alpha value is -0.430. The Morgan fingerprint density at radius 1 is 1.30 bits per heavy atom. The standard InChI is InChI=1S/C14H26N2O2S2/c1-11(14(2,3)4)10-16-20(17,18)13-7-6-12(19-13)8-9-15-5/h6-7,11,15-16H,8-10H2,1-5H3. The molecule has 20 heavy (non-hydrogen) atoms. The van der Waals surface area contributed by atoms with Crippen LogP contribution >= 0.6 is 11.3 Å². The van der Waals surface area contributed by atoms with E-state index < -0.39 is 10.0 Å². The van der Waals surface area contributed by atoms with Crippen LogP contribution in [0.25, 0.3) is 0 Å². The number of thiophene rings is 1. The Kier molecular flexibility index (Phi) is 6.19. The number of nitrogens with one attached hydrogen (secondary N) is 2. The average molecular weight is 319 g/mol. The van der Waals surface area contributed by atoms with Crippen molar-refractivity contribution in [1.82, 2.24) is 10.0 Å². The van der Waals surface area contributed by atoms with E-state index in [4.69, 9.17) is 0 Å². The summed E-state index contributed by atoms with van der Waals surface area (Å²) in [4.78, 5) is 1.09. The average Bonchev–Trinajstić information content (AvgIpc) is 2.81. The Morgan fingerprint density at radius 3 is 2.50 bits per heavy atom. The zero-order chi connectivity index (χ0) is 15.4.